The van der Waals surface area contributed by atoms with Gasteiger partial charge in [-0.1, -0.05) is 19.1 Å². The fourth-order valence-corrected chi connectivity index (χ4v) is 1.62. The van der Waals surface area contributed by atoms with Gasteiger partial charge in [-0.2, -0.15) is 0 Å². The molecular formula is C13H15N3O2. The molecule has 5 nitrogen and oxygen atoms in total. The molecule has 0 aliphatic carbocycles. The van der Waals surface area contributed by atoms with Crippen molar-refractivity contribution in [2.45, 2.75) is 26.3 Å². The number of para-hydroxylation sites is 1. The van der Waals surface area contributed by atoms with Crippen molar-refractivity contribution >= 4 is 22.7 Å². The number of hydrogen-bond acceptors (Lipinski definition) is 4. The number of carboxylic acid groups (broad SMARTS) is 1. The standard InChI is InChI=1S/C13H15N3O2/c1-3-8(2)14-11-9-6-4-5-7-10(9)15-12(16-11)13(17)18/h4-8H,3H2,1-2H3,(H,17,18)(H,14,15,16). The molecule has 0 saturated carbocycles. The van der Waals surface area contributed by atoms with Crippen LogP contribution >= 0.6 is 0 Å². The average molecular weight is 245 g/mol. The molecule has 1 aromatic carbocycles. The van der Waals surface area contributed by atoms with Crippen molar-refractivity contribution in [1.29, 1.82) is 0 Å². The van der Waals surface area contributed by atoms with Gasteiger partial charge in [-0.15, -0.1) is 0 Å². The summed E-state index contributed by atoms with van der Waals surface area (Å²) >= 11 is 0. The predicted molar refractivity (Wildman–Crippen MR) is 69.9 cm³/mol. The minimum Gasteiger partial charge on any atom is -0.475 e. The molecule has 94 valence electrons. The second-order valence-electron chi connectivity index (χ2n) is 4.17. The largest absolute Gasteiger partial charge is 0.475 e. The summed E-state index contributed by atoms with van der Waals surface area (Å²) in [6.45, 7) is 4.08. The molecule has 18 heavy (non-hydrogen) atoms. The Bertz CT molecular complexity index is 583. The van der Waals surface area contributed by atoms with Crippen molar-refractivity contribution in [3.8, 4) is 0 Å². The zero-order valence-electron chi connectivity index (χ0n) is 10.3. The lowest BCUT2D eigenvalue weighted by Crippen LogP contribution is -2.16. The van der Waals surface area contributed by atoms with E-state index < -0.39 is 5.97 Å². The number of carboxylic acids is 1. The fourth-order valence-electron chi connectivity index (χ4n) is 1.62. The Hall–Kier alpha value is -2.17. The fraction of sp³-hybridized carbons (Fsp3) is 0.308. The molecule has 2 N–H and O–H groups in total. The first kappa shape index (κ1) is 12.3. The number of rotatable bonds is 4. The van der Waals surface area contributed by atoms with E-state index in [1.165, 1.54) is 0 Å². The van der Waals surface area contributed by atoms with Crippen LogP contribution in [0.5, 0.6) is 0 Å². The first-order valence-corrected chi connectivity index (χ1v) is 5.88. The Morgan fingerprint density at radius 2 is 2.11 bits per heavy atom. The van der Waals surface area contributed by atoms with Crippen LogP contribution in [0.3, 0.4) is 0 Å². The highest BCUT2D eigenvalue weighted by atomic mass is 16.4. The molecule has 0 bridgehead atoms. The molecule has 1 aromatic heterocycles. The predicted octanol–water partition coefficient (Wildman–Crippen LogP) is 2.54. The number of hydrogen-bond donors (Lipinski definition) is 2. The number of nitrogens with zero attached hydrogens (tertiary/aromatic N) is 2. The van der Waals surface area contributed by atoms with E-state index in [0.717, 1.165) is 11.8 Å². The Balaban J connectivity index is 2.57. The highest BCUT2D eigenvalue weighted by molar-refractivity contribution is 5.93. The van der Waals surface area contributed by atoms with Crippen LogP contribution in [0.2, 0.25) is 0 Å². The third kappa shape index (κ3) is 2.40. The van der Waals surface area contributed by atoms with Crippen molar-refractivity contribution in [1.82, 2.24) is 9.97 Å². The van der Waals surface area contributed by atoms with Crippen molar-refractivity contribution in [2.75, 3.05) is 5.32 Å². The second-order valence-corrected chi connectivity index (χ2v) is 4.17. The van der Waals surface area contributed by atoms with Gasteiger partial charge < -0.3 is 10.4 Å². The lowest BCUT2D eigenvalue weighted by Gasteiger charge is -2.14. The van der Waals surface area contributed by atoms with Gasteiger partial charge in [0.2, 0.25) is 5.82 Å². The normalized spacial score (nSPS) is 12.3. The molecule has 1 unspecified atom stereocenters. The summed E-state index contributed by atoms with van der Waals surface area (Å²) in [5.74, 6) is -0.722. The van der Waals surface area contributed by atoms with E-state index in [4.69, 9.17) is 5.11 Å². The quantitative estimate of drug-likeness (QED) is 0.865. The number of benzene rings is 1. The molecule has 0 aliphatic rings. The van der Waals surface area contributed by atoms with Crippen LogP contribution in [0.25, 0.3) is 10.9 Å². The minimum absolute atomic E-state index is 0.181. The van der Waals surface area contributed by atoms with Crippen molar-refractivity contribution in [3.63, 3.8) is 0 Å². The SMILES string of the molecule is CCC(C)Nc1nc(C(=O)O)nc2ccccc12. The number of aromatic carboxylic acids is 1. The van der Waals surface area contributed by atoms with Crippen LogP contribution < -0.4 is 5.32 Å². The molecule has 0 amide bonds. The van der Waals surface area contributed by atoms with Crippen LogP contribution in [-0.2, 0) is 0 Å². The van der Waals surface area contributed by atoms with Gasteiger partial charge in [-0.25, -0.2) is 14.8 Å². The minimum atomic E-state index is -1.12. The van der Waals surface area contributed by atoms with Gasteiger partial charge in [-0.3, -0.25) is 0 Å². The molecule has 2 aromatic rings. The Labute approximate surface area is 105 Å². The maximum atomic E-state index is 11.0. The van der Waals surface area contributed by atoms with Crippen molar-refractivity contribution in [3.05, 3.63) is 30.1 Å². The Morgan fingerprint density at radius 1 is 1.39 bits per heavy atom. The van der Waals surface area contributed by atoms with Gasteiger partial charge in [-0.05, 0) is 25.5 Å². The van der Waals surface area contributed by atoms with Crippen LogP contribution in [0.1, 0.15) is 30.9 Å². The van der Waals surface area contributed by atoms with Crippen molar-refractivity contribution in [2.24, 2.45) is 0 Å². The summed E-state index contributed by atoms with van der Waals surface area (Å²) < 4.78 is 0. The summed E-state index contributed by atoms with van der Waals surface area (Å²) in [5.41, 5.74) is 0.635. The van der Waals surface area contributed by atoms with Crippen LogP contribution in [0, 0.1) is 0 Å². The number of anilines is 1. The lowest BCUT2D eigenvalue weighted by molar-refractivity contribution is 0.0684. The van der Waals surface area contributed by atoms with E-state index in [1.54, 1.807) is 6.07 Å². The monoisotopic (exact) mass is 245 g/mol. The van der Waals surface area contributed by atoms with Gasteiger partial charge in [0.05, 0.1) is 5.52 Å². The molecule has 0 saturated heterocycles. The van der Waals surface area contributed by atoms with Crippen LogP contribution in [-0.4, -0.2) is 27.1 Å². The number of carbonyl (C=O) groups is 1. The van der Waals surface area contributed by atoms with E-state index in [1.807, 2.05) is 25.1 Å². The highest BCUT2D eigenvalue weighted by Crippen LogP contribution is 2.21. The third-order valence-corrected chi connectivity index (χ3v) is 2.79. The van der Waals surface area contributed by atoms with E-state index in [9.17, 15) is 4.79 Å². The summed E-state index contributed by atoms with van der Waals surface area (Å²) in [6.07, 6.45) is 0.931. The van der Waals surface area contributed by atoms with E-state index in [2.05, 4.69) is 22.2 Å². The second kappa shape index (κ2) is 5.00. The molecule has 0 aliphatic heterocycles. The lowest BCUT2D eigenvalue weighted by atomic mass is 10.2. The summed E-state index contributed by atoms with van der Waals surface area (Å²) in [6, 6.07) is 7.60. The molecule has 1 atom stereocenters. The molecular weight excluding hydrogens is 230 g/mol. The first-order chi connectivity index (χ1) is 8.61. The summed E-state index contributed by atoms with van der Waals surface area (Å²) in [5, 5.41) is 13.1. The summed E-state index contributed by atoms with van der Waals surface area (Å²) in [4.78, 5) is 19.1. The van der Waals surface area contributed by atoms with E-state index >= 15 is 0 Å². The van der Waals surface area contributed by atoms with Crippen molar-refractivity contribution < 1.29 is 9.90 Å². The topological polar surface area (TPSA) is 75.1 Å². The van der Waals surface area contributed by atoms with Crippen LogP contribution in [0.4, 0.5) is 5.82 Å². The van der Waals surface area contributed by atoms with E-state index in [-0.39, 0.29) is 11.9 Å². The average Bonchev–Trinajstić information content (AvgIpc) is 2.38. The van der Waals surface area contributed by atoms with Gasteiger partial charge in [0.25, 0.3) is 0 Å². The van der Waals surface area contributed by atoms with Crippen LogP contribution in [0.15, 0.2) is 24.3 Å². The van der Waals surface area contributed by atoms with Gasteiger partial charge in [0.1, 0.15) is 5.82 Å². The maximum absolute atomic E-state index is 11.0. The maximum Gasteiger partial charge on any atom is 0.374 e. The van der Waals surface area contributed by atoms with Gasteiger partial charge in [0.15, 0.2) is 0 Å². The molecule has 5 heteroatoms. The first-order valence-electron chi connectivity index (χ1n) is 5.88. The Morgan fingerprint density at radius 3 is 2.78 bits per heavy atom. The highest BCUT2D eigenvalue weighted by Gasteiger charge is 2.13. The molecule has 1 heterocycles. The number of nitrogens with one attached hydrogen (secondary N) is 1. The molecule has 0 radical (unpaired) electrons. The molecule has 0 fully saturated rings. The molecule has 2 rings (SSSR count). The number of aromatic nitrogens is 2. The smallest absolute Gasteiger partial charge is 0.374 e. The van der Waals surface area contributed by atoms with Gasteiger partial charge >= 0.3 is 5.97 Å². The van der Waals surface area contributed by atoms with Gasteiger partial charge in [0, 0.05) is 11.4 Å². The van der Waals surface area contributed by atoms with E-state index in [0.29, 0.717) is 11.3 Å². The molecule has 0 spiro atoms. The third-order valence-electron chi connectivity index (χ3n) is 2.79. The number of fused-ring (bicyclic) bond motifs is 1. The Kier molecular flexibility index (Phi) is 3.41. The summed E-state index contributed by atoms with van der Waals surface area (Å²) in [7, 11) is 0. The zero-order chi connectivity index (χ0) is 13.1. The zero-order valence-corrected chi connectivity index (χ0v) is 10.3.